The van der Waals surface area contributed by atoms with Gasteiger partial charge in [0.15, 0.2) is 0 Å². The fraction of sp³-hybridized carbons (Fsp3) is 0.0833. The molecule has 2 aromatic rings. The molecule has 0 unspecified atom stereocenters. The van der Waals surface area contributed by atoms with E-state index in [0.717, 1.165) is 12.1 Å². The summed E-state index contributed by atoms with van der Waals surface area (Å²) in [7, 11) is 0. The van der Waals surface area contributed by atoms with Gasteiger partial charge in [0.2, 0.25) is 0 Å². The number of hydrogen-bond acceptors (Lipinski definition) is 2. The Bertz CT molecular complexity index is 429. The highest BCUT2D eigenvalue weighted by Crippen LogP contribution is 2.10. The van der Waals surface area contributed by atoms with Crippen molar-refractivity contribution in [1.29, 1.82) is 0 Å². The molecule has 0 saturated carbocycles. The van der Waals surface area contributed by atoms with Crippen LogP contribution in [0.2, 0.25) is 0 Å². The Balaban J connectivity index is 1.97. The fourth-order valence-corrected chi connectivity index (χ4v) is 1.29. The van der Waals surface area contributed by atoms with Gasteiger partial charge in [-0.1, -0.05) is 24.3 Å². The quantitative estimate of drug-likeness (QED) is 0.825. The Morgan fingerprint density at radius 1 is 1.27 bits per heavy atom. The second kappa shape index (κ2) is 4.46. The van der Waals surface area contributed by atoms with Gasteiger partial charge in [0.25, 0.3) is 0 Å². The van der Waals surface area contributed by atoms with Gasteiger partial charge in [0.1, 0.15) is 5.75 Å². The monoisotopic (exact) mass is 200 g/mol. The van der Waals surface area contributed by atoms with Crippen molar-refractivity contribution in [3.63, 3.8) is 0 Å². The molecule has 0 spiro atoms. The molecule has 0 saturated heterocycles. The maximum Gasteiger partial charge on any atom is 0.115 e. The zero-order valence-corrected chi connectivity index (χ0v) is 8.24. The summed E-state index contributed by atoms with van der Waals surface area (Å²) >= 11 is 0. The molecule has 15 heavy (non-hydrogen) atoms. The molecule has 0 aliphatic heterocycles. The van der Waals surface area contributed by atoms with Crippen molar-refractivity contribution in [2.75, 3.05) is 0 Å². The number of aromatic hydroxyl groups is 1. The zero-order valence-electron chi connectivity index (χ0n) is 8.24. The third-order valence-electron chi connectivity index (χ3n) is 2.06. The molecule has 0 aliphatic rings. The minimum Gasteiger partial charge on any atom is -0.508 e. The predicted molar refractivity (Wildman–Crippen MR) is 59.4 cm³/mol. The van der Waals surface area contributed by atoms with E-state index in [1.807, 2.05) is 41.2 Å². The Labute approximate surface area is 88.3 Å². The van der Waals surface area contributed by atoms with Crippen molar-refractivity contribution in [2.45, 2.75) is 6.54 Å². The molecular weight excluding hydrogens is 188 g/mol. The predicted octanol–water partition coefficient (Wildman–Crippen LogP) is 2.30. The van der Waals surface area contributed by atoms with E-state index in [1.165, 1.54) is 0 Å². The smallest absolute Gasteiger partial charge is 0.115 e. The molecule has 0 bridgehead atoms. The van der Waals surface area contributed by atoms with Crippen LogP contribution in [0.3, 0.4) is 0 Å². The summed E-state index contributed by atoms with van der Waals surface area (Å²) in [4.78, 5) is 0. The van der Waals surface area contributed by atoms with Crippen LogP contribution in [0.5, 0.6) is 5.75 Å². The maximum absolute atomic E-state index is 9.09. The van der Waals surface area contributed by atoms with E-state index in [0.29, 0.717) is 5.75 Å². The van der Waals surface area contributed by atoms with Gasteiger partial charge in [-0.15, -0.1) is 0 Å². The summed E-state index contributed by atoms with van der Waals surface area (Å²) in [6, 6.07) is 8.99. The third kappa shape index (κ3) is 2.71. The number of rotatable bonds is 3. The SMILES string of the molecule is Oc1ccc(/C=C/Cn2cccn2)cc1. The molecule has 1 N–H and O–H groups in total. The summed E-state index contributed by atoms with van der Waals surface area (Å²) in [5.41, 5.74) is 1.07. The minimum atomic E-state index is 0.291. The van der Waals surface area contributed by atoms with E-state index >= 15 is 0 Å². The lowest BCUT2D eigenvalue weighted by molar-refractivity contribution is 0.475. The average molecular weight is 200 g/mol. The van der Waals surface area contributed by atoms with Crippen LogP contribution >= 0.6 is 0 Å². The molecule has 0 amide bonds. The zero-order chi connectivity index (χ0) is 10.5. The van der Waals surface area contributed by atoms with E-state index < -0.39 is 0 Å². The summed E-state index contributed by atoms with van der Waals surface area (Å²) in [5.74, 6) is 0.291. The minimum absolute atomic E-state index is 0.291. The van der Waals surface area contributed by atoms with E-state index in [4.69, 9.17) is 5.11 Å². The van der Waals surface area contributed by atoms with Gasteiger partial charge in [-0.3, -0.25) is 4.68 Å². The Kier molecular flexibility index (Phi) is 2.83. The first-order valence-electron chi connectivity index (χ1n) is 4.77. The van der Waals surface area contributed by atoms with Gasteiger partial charge in [-0.2, -0.15) is 5.10 Å². The normalized spacial score (nSPS) is 10.9. The molecule has 2 rings (SSSR count). The third-order valence-corrected chi connectivity index (χ3v) is 2.06. The van der Waals surface area contributed by atoms with E-state index in [-0.39, 0.29) is 0 Å². The van der Waals surface area contributed by atoms with Crippen LogP contribution in [0.1, 0.15) is 5.56 Å². The molecule has 1 heterocycles. The highest BCUT2D eigenvalue weighted by molar-refractivity contribution is 5.50. The Morgan fingerprint density at radius 3 is 2.73 bits per heavy atom. The van der Waals surface area contributed by atoms with Gasteiger partial charge in [0.05, 0.1) is 6.54 Å². The van der Waals surface area contributed by atoms with E-state index in [1.54, 1.807) is 18.3 Å². The van der Waals surface area contributed by atoms with Gasteiger partial charge in [0, 0.05) is 12.4 Å². The van der Waals surface area contributed by atoms with Crippen LogP contribution in [0.25, 0.3) is 6.08 Å². The summed E-state index contributed by atoms with van der Waals surface area (Å²) in [5, 5.41) is 13.2. The van der Waals surface area contributed by atoms with Crippen LogP contribution in [0.15, 0.2) is 48.8 Å². The van der Waals surface area contributed by atoms with Crippen LogP contribution in [-0.2, 0) is 6.54 Å². The lowest BCUT2D eigenvalue weighted by Gasteiger charge is -1.95. The van der Waals surface area contributed by atoms with Crippen molar-refractivity contribution in [3.8, 4) is 5.75 Å². The summed E-state index contributed by atoms with van der Waals surface area (Å²) in [6.07, 6.45) is 7.70. The molecule has 1 aromatic heterocycles. The first-order chi connectivity index (χ1) is 7.34. The van der Waals surface area contributed by atoms with Crippen molar-refractivity contribution in [2.24, 2.45) is 0 Å². The number of phenols is 1. The molecule has 3 nitrogen and oxygen atoms in total. The Hall–Kier alpha value is -2.03. The van der Waals surface area contributed by atoms with E-state index in [2.05, 4.69) is 5.10 Å². The molecular formula is C12H12N2O. The summed E-state index contributed by atoms with van der Waals surface area (Å²) in [6.45, 7) is 0.758. The maximum atomic E-state index is 9.09. The second-order valence-electron chi connectivity index (χ2n) is 3.22. The van der Waals surface area contributed by atoms with Crippen LogP contribution < -0.4 is 0 Å². The lowest BCUT2D eigenvalue weighted by atomic mass is 10.2. The average Bonchev–Trinajstić information content (AvgIpc) is 2.74. The van der Waals surface area contributed by atoms with Crippen molar-refractivity contribution >= 4 is 6.08 Å². The highest BCUT2D eigenvalue weighted by Gasteiger charge is 1.88. The number of phenolic OH excluding ortho intramolecular Hbond substituents is 1. The topological polar surface area (TPSA) is 38.0 Å². The van der Waals surface area contributed by atoms with Crippen molar-refractivity contribution < 1.29 is 5.11 Å². The fourth-order valence-electron chi connectivity index (χ4n) is 1.29. The number of hydrogen-bond donors (Lipinski definition) is 1. The number of nitrogens with zero attached hydrogens (tertiary/aromatic N) is 2. The molecule has 0 atom stereocenters. The summed E-state index contributed by atoms with van der Waals surface area (Å²) < 4.78 is 1.84. The van der Waals surface area contributed by atoms with Crippen LogP contribution in [0.4, 0.5) is 0 Å². The van der Waals surface area contributed by atoms with Crippen LogP contribution in [0, 0.1) is 0 Å². The highest BCUT2D eigenvalue weighted by atomic mass is 16.3. The first kappa shape index (κ1) is 9.52. The number of benzene rings is 1. The number of allylic oxidation sites excluding steroid dienone is 1. The molecule has 3 heteroatoms. The van der Waals surface area contributed by atoms with Gasteiger partial charge in [-0.05, 0) is 23.8 Å². The lowest BCUT2D eigenvalue weighted by Crippen LogP contribution is -1.93. The van der Waals surface area contributed by atoms with Gasteiger partial charge < -0.3 is 5.11 Å². The van der Waals surface area contributed by atoms with Gasteiger partial charge >= 0.3 is 0 Å². The second-order valence-corrected chi connectivity index (χ2v) is 3.22. The molecule has 0 aliphatic carbocycles. The Morgan fingerprint density at radius 2 is 2.07 bits per heavy atom. The van der Waals surface area contributed by atoms with Crippen molar-refractivity contribution in [1.82, 2.24) is 9.78 Å². The molecule has 0 fully saturated rings. The van der Waals surface area contributed by atoms with Crippen LogP contribution in [-0.4, -0.2) is 14.9 Å². The number of aromatic nitrogens is 2. The van der Waals surface area contributed by atoms with Gasteiger partial charge in [-0.25, -0.2) is 0 Å². The van der Waals surface area contributed by atoms with Crippen molar-refractivity contribution in [3.05, 3.63) is 54.4 Å². The largest absolute Gasteiger partial charge is 0.508 e. The standard InChI is InChI=1S/C12H12N2O/c15-12-6-4-11(5-7-12)3-1-9-14-10-2-8-13-14/h1-8,10,15H,9H2/b3-1+. The molecule has 76 valence electrons. The first-order valence-corrected chi connectivity index (χ1v) is 4.77. The van der Waals surface area contributed by atoms with E-state index in [9.17, 15) is 0 Å². The molecule has 0 radical (unpaired) electrons. The molecule has 1 aromatic carbocycles.